The summed E-state index contributed by atoms with van der Waals surface area (Å²) in [4.78, 5) is 11.7. The average Bonchev–Trinajstić information content (AvgIpc) is 2.95. The third-order valence-corrected chi connectivity index (χ3v) is 2.88. The molecule has 2 aliphatic rings. The number of nitrogens with one attached hydrogen (secondary N) is 2. The molecule has 80 valence electrons. The van der Waals surface area contributed by atoms with Crippen molar-refractivity contribution in [3.05, 3.63) is 23.2 Å². The Balaban J connectivity index is 1.78. The first-order chi connectivity index (χ1) is 7.33. The van der Waals surface area contributed by atoms with Gasteiger partial charge in [0.25, 0.3) is 5.91 Å². The van der Waals surface area contributed by atoms with Gasteiger partial charge < -0.3 is 15.1 Å². The molecule has 1 aliphatic carbocycles. The maximum absolute atomic E-state index is 11.7. The van der Waals surface area contributed by atoms with Gasteiger partial charge in [-0.05, 0) is 18.9 Å². The van der Waals surface area contributed by atoms with Crippen LogP contribution in [-0.2, 0) is 13.0 Å². The van der Waals surface area contributed by atoms with E-state index in [1.807, 2.05) is 6.07 Å². The summed E-state index contributed by atoms with van der Waals surface area (Å²) in [5.41, 5.74) is 1.13. The van der Waals surface area contributed by atoms with E-state index >= 15 is 0 Å². The molecular weight excluding hydrogens is 192 g/mol. The number of hydrogen-bond acceptors (Lipinski definition) is 3. The van der Waals surface area contributed by atoms with Gasteiger partial charge in [0.2, 0.25) is 0 Å². The van der Waals surface area contributed by atoms with Crippen molar-refractivity contribution in [1.82, 2.24) is 10.6 Å². The Morgan fingerprint density at radius 3 is 3.13 bits per heavy atom. The summed E-state index contributed by atoms with van der Waals surface area (Å²) in [6.07, 6.45) is 3.09. The second-order valence-corrected chi connectivity index (χ2v) is 4.23. The molecule has 2 N–H and O–H groups in total. The molecule has 3 rings (SSSR count). The zero-order chi connectivity index (χ0) is 10.3. The van der Waals surface area contributed by atoms with Gasteiger partial charge in [-0.2, -0.15) is 0 Å². The first kappa shape index (κ1) is 8.97. The number of amides is 1. The molecular formula is C11H14N2O2. The van der Waals surface area contributed by atoms with Gasteiger partial charge >= 0.3 is 0 Å². The molecule has 0 aromatic carbocycles. The smallest absolute Gasteiger partial charge is 0.287 e. The first-order valence-electron chi connectivity index (χ1n) is 5.46. The van der Waals surface area contributed by atoms with Crippen LogP contribution >= 0.6 is 0 Å². The highest BCUT2D eigenvalue weighted by Gasteiger charge is 2.26. The lowest BCUT2D eigenvalue weighted by Crippen LogP contribution is -2.24. The van der Waals surface area contributed by atoms with Crippen LogP contribution in [0.2, 0.25) is 0 Å². The van der Waals surface area contributed by atoms with Crippen LogP contribution in [0.5, 0.6) is 0 Å². The fourth-order valence-corrected chi connectivity index (χ4v) is 1.85. The largest absolute Gasteiger partial charge is 0.456 e. The number of fused-ring (bicyclic) bond motifs is 1. The molecule has 0 unspecified atom stereocenters. The Bertz CT molecular complexity index is 370. The highest BCUT2D eigenvalue weighted by molar-refractivity contribution is 5.92. The summed E-state index contributed by atoms with van der Waals surface area (Å²) in [5, 5.41) is 6.18. The minimum absolute atomic E-state index is 0.0631. The molecule has 4 heteroatoms. The van der Waals surface area contributed by atoms with Gasteiger partial charge in [0.05, 0.1) is 0 Å². The van der Waals surface area contributed by atoms with Gasteiger partial charge in [-0.3, -0.25) is 4.79 Å². The quantitative estimate of drug-likeness (QED) is 0.753. The van der Waals surface area contributed by atoms with Crippen LogP contribution in [0.15, 0.2) is 10.5 Å². The average molecular weight is 206 g/mol. The molecule has 15 heavy (non-hydrogen) atoms. The Kier molecular flexibility index (Phi) is 2.02. The third-order valence-electron chi connectivity index (χ3n) is 2.88. The molecule has 1 aromatic heterocycles. The maximum Gasteiger partial charge on any atom is 0.287 e. The Hall–Kier alpha value is -1.29. The van der Waals surface area contributed by atoms with Gasteiger partial charge in [-0.15, -0.1) is 0 Å². The summed E-state index contributed by atoms with van der Waals surface area (Å²) in [5.74, 6) is 1.37. The summed E-state index contributed by atoms with van der Waals surface area (Å²) in [7, 11) is 0. The van der Waals surface area contributed by atoms with Crippen molar-refractivity contribution < 1.29 is 9.21 Å². The van der Waals surface area contributed by atoms with Gasteiger partial charge in [0.15, 0.2) is 5.76 Å². The van der Waals surface area contributed by atoms with E-state index in [0.717, 1.165) is 43.7 Å². The lowest BCUT2D eigenvalue weighted by molar-refractivity contribution is 0.0921. The number of furan rings is 1. The van der Waals surface area contributed by atoms with Crippen LogP contribution in [-0.4, -0.2) is 18.5 Å². The molecule has 1 fully saturated rings. The Morgan fingerprint density at radius 2 is 2.40 bits per heavy atom. The third kappa shape index (κ3) is 1.77. The predicted molar refractivity (Wildman–Crippen MR) is 54.6 cm³/mol. The summed E-state index contributed by atoms with van der Waals surface area (Å²) >= 11 is 0. The predicted octanol–water partition coefficient (Wildman–Crippen LogP) is 0.817. The molecule has 0 radical (unpaired) electrons. The highest BCUT2D eigenvalue weighted by Crippen LogP contribution is 2.22. The summed E-state index contributed by atoms with van der Waals surface area (Å²) in [6.45, 7) is 1.75. The molecule has 0 atom stereocenters. The van der Waals surface area contributed by atoms with E-state index in [2.05, 4.69) is 10.6 Å². The minimum atomic E-state index is -0.0631. The minimum Gasteiger partial charge on any atom is -0.456 e. The zero-order valence-electron chi connectivity index (χ0n) is 8.51. The maximum atomic E-state index is 11.7. The van der Waals surface area contributed by atoms with Crippen molar-refractivity contribution in [3.8, 4) is 0 Å². The van der Waals surface area contributed by atoms with Crippen molar-refractivity contribution in [2.75, 3.05) is 6.54 Å². The number of carbonyl (C=O) groups is 1. The molecule has 0 spiro atoms. The van der Waals surface area contributed by atoms with Gasteiger partial charge in [0.1, 0.15) is 5.76 Å². The Labute approximate surface area is 88.0 Å². The van der Waals surface area contributed by atoms with Crippen molar-refractivity contribution in [1.29, 1.82) is 0 Å². The molecule has 1 amide bonds. The van der Waals surface area contributed by atoms with E-state index in [4.69, 9.17) is 4.42 Å². The van der Waals surface area contributed by atoms with Crippen LogP contribution in [0.4, 0.5) is 0 Å². The van der Waals surface area contributed by atoms with E-state index in [0.29, 0.717) is 11.8 Å². The number of carbonyl (C=O) groups excluding carboxylic acids is 1. The molecule has 1 aromatic rings. The van der Waals surface area contributed by atoms with Crippen LogP contribution in [0.3, 0.4) is 0 Å². The molecule has 4 nitrogen and oxygen atoms in total. The van der Waals surface area contributed by atoms with E-state index in [9.17, 15) is 4.79 Å². The van der Waals surface area contributed by atoms with Crippen molar-refractivity contribution >= 4 is 5.91 Å². The zero-order valence-corrected chi connectivity index (χ0v) is 8.51. The number of rotatable bonds is 2. The second-order valence-electron chi connectivity index (χ2n) is 4.23. The van der Waals surface area contributed by atoms with Crippen LogP contribution in [0.25, 0.3) is 0 Å². The molecule has 1 saturated carbocycles. The lowest BCUT2D eigenvalue weighted by atomic mass is 10.1. The topological polar surface area (TPSA) is 54.3 Å². The highest BCUT2D eigenvalue weighted by atomic mass is 16.4. The van der Waals surface area contributed by atoms with E-state index < -0.39 is 0 Å². The number of hydrogen-bond donors (Lipinski definition) is 2. The van der Waals surface area contributed by atoms with E-state index in [-0.39, 0.29) is 5.91 Å². The normalized spacial score (nSPS) is 19.7. The summed E-state index contributed by atoms with van der Waals surface area (Å²) in [6, 6.07) is 2.25. The van der Waals surface area contributed by atoms with Crippen molar-refractivity contribution in [2.45, 2.75) is 31.8 Å². The second kappa shape index (κ2) is 3.38. The lowest BCUT2D eigenvalue weighted by Gasteiger charge is -2.09. The van der Waals surface area contributed by atoms with Crippen LogP contribution in [0.1, 0.15) is 34.7 Å². The molecule has 1 aliphatic heterocycles. The standard InChI is InChI=1S/C11H14N2O2/c14-11(13-8-1-2-8)10-5-7-6-12-4-3-9(7)15-10/h5,8,12H,1-4,6H2,(H,13,14). The molecule has 0 bridgehead atoms. The SMILES string of the molecule is O=C(NC1CC1)c1cc2c(o1)CCNC2. The molecule has 0 saturated heterocycles. The van der Waals surface area contributed by atoms with Crippen molar-refractivity contribution in [2.24, 2.45) is 0 Å². The first-order valence-corrected chi connectivity index (χ1v) is 5.46. The monoisotopic (exact) mass is 206 g/mol. The van der Waals surface area contributed by atoms with Crippen LogP contribution in [0, 0.1) is 0 Å². The van der Waals surface area contributed by atoms with Crippen molar-refractivity contribution in [3.63, 3.8) is 0 Å². The molecule has 2 heterocycles. The van der Waals surface area contributed by atoms with Gasteiger partial charge in [-0.25, -0.2) is 0 Å². The Morgan fingerprint density at radius 1 is 1.53 bits per heavy atom. The fraction of sp³-hybridized carbons (Fsp3) is 0.545. The van der Waals surface area contributed by atoms with Crippen LogP contribution < -0.4 is 10.6 Å². The van der Waals surface area contributed by atoms with Gasteiger partial charge in [-0.1, -0.05) is 0 Å². The van der Waals surface area contributed by atoms with E-state index in [1.165, 1.54) is 0 Å². The fourth-order valence-electron chi connectivity index (χ4n) is 1.85. The van der Waals surface area contributed by atoms with Gasteiger partial charge in [0, 0.05) is 31.1 Å². The van der Waals surface area contributed by atoms with E-state index in [1.54, 1.807) is 0 Å². The summed E-state index contributed by atoms with van der Waals surface area (Å²) < 4.78 is 5.54.